The summed E-state index contributed by atoms with van der Waals surface area (Å²) in [5, 5.41) is 9.93. The minimum absolute atomic E-state index is 0.0316. The molecule has 0 aliphatic rings. The molecular weight excluding hydrogens is 241 g/mol. The maximum Gasteiger partial charge on any atom is 0.373 e. The molecule has 2 aromatic heterocycles. The summed E-state index contributed by atoms with van der Waals surface area (Å²) in [6, 6.07) is 3.93. The van der Waals surface area contributed by atoms with Crippen LogP contribution in [0.15, 0.2) is 35.0 Å². The third-order valence-electron chi connectivity index (χ3n) is 2.32. The zero-order valence-electron chi connectivity index (χ0n) is 9.46. The Morgan fingerprint density at radius 3 is 2.94 bits per heavy atom. The fourth-order valence-corrected chi connectivity index (χ4v) is 1.45. The quantitative estimate of drug-likeness (QED) is 0.840. The van der Waals surface area contributed by atoms with Gasteiger partial charge in [0, 0.05) is 11.8 Å². The molecule has 0 saturated heterocycles. The molecule has 0 aliphatic heterocycles. The van der Waals surface area contributed by atoms with Crippen molar-refractivity contribution in [3.63, 3.8) is 0 Å². The number of rotatable bonds is 3. The van der Waals surface area contributed by atoms with Gasteiger partial charge in [-0.25, -0.2) is 9.18 Å². The van der Waals surface area contributed by atoms with Crippen LogP contribution in [0, 0.1) is 5.82 Å². The molecule has 0 fully saturated rings. The molecule has 18 heavy (non-hydrogen) atoms. The van der Waals surface area contributed by atoms with Crippen LogP contribution in [0.1, 0.15) is 28.0 Å². The number of hydrogen-bond acceptors (Lipinski definition) is 5. The number of carbonyl (C=O) groups is 1. The van der Waals surface area contributed by atoms with Gasteiger partial charge in [0.15, 0.2) is 0 Å². The van der Waals surface area contributed by atoms with Gasteiger partial charge in [-0.05, 0) is 18.2 Å². The Labute approximate surface area is 102 Å². The van der Waals surface area contributed by atoms with E-state index in [4.69, 9.17) is 4.42 Å². The number of furan rings is 1. The zero-order valence-corrected chi connectivity index (χ0v) is 9.46. The average Bonchev–Trinajstić information content (AvgIpc) is 2.86. The van der Waals surface area contributed by atoms with Gasteiger partial charge in [-0.1, -0.05) is 0 Å². The molecule has 5 nitrogen and oxygen atoms in total. The second-order valence-corrected chi connectivity index (χ2v) is 3.53. The summed E-state index contributed by atoms with van der Waals surface area (Å²) in [7, 11) is 1.22. The zero-order chi connectivity index (χ0) is 13.1. The van der Waals surface area contributed by atoms with Crippen molar-refractivity contribution in [3.8, 4) is 0 Å². The van der Waals surface area contributed by atoms with Gasteiger partial charge in [-0.15, -0.1) is 0 Å². The Balaban J connectivity index is 2.26. The minimum atomic E-state index is -1.19. The SMILES string of the molecule is COC(=O)c1ccc(C(O)c2cncc(F)c2)o1. The molecule has 0 aliphatic carbocycles. The molecule has 2 heterocycles. The van der Waals surface area contributed by atoms with E-state index < -0.39 is 17.9 Å². The Hall–Kier alpha value is -2.21. The molecular formula is C12H10FNO4. The molecule has 2 aromatic rings. The molecule has 0 bridgehead atoms. The van der Waals surface area contributed by atoms with Crippen LogP contribution < -0.4 is 0 Å². The monoisotopic (exact) mass is 251 g/mol. The van der Waals surface area contributed by atoms with Crippen molar-refractivity contribution in [2.75, 3.05) is 7.11 Å². The number of hydrogen-bond donors (Lipinski definition) is 1. The standard InChI is InChI=1S/C12H10FNO4/c1-17-12(16)10-3-2-9(18-10)11(15)7-4-8(13)6-14-5-7/h2-6,11,15H,1H3. The third kappa shape index (κ3) is 2.38. The van der Waals surface area contributed by atoms with Crippen molar-refractivity contribution in [1.29, 1.82) is 0 Å². The molecule has 6 heteroatoms. The molecule has 0 radical (unpaired) electrons. The summed E-state index contributed by atoms with van der Waals surface area (Å²) in [5.41, 5.74) is 0.237. The fraction of sp³-hybridized carbons (Fsp3) is 0.167. The van der Waals surface area contributed by atoms with Crippen LogP contribution in [0.5, 0.6) is 0 Å². The number of aliphatic hydroxyl groups excluding tert-OH is 1. The predicted molar refractivity (Wildman–Crippen MR) is 58.3 cm³/mol. The highest BCUT2D eigenvalue weighted by molar-refractivity contribution is 5.86. The number of esters is 1. The fourth-order valence-electron chi connectivity index (χ4n) is 1.45. The Morgan fingerprint density at radius 1 is 1.50 bits per heavy atom. The Kier molecular flexibility index (Phi) is 3.38. The number of carbonyl (C=O) groups excluding carboxylic acids is 1. The van der Waals surface area contributed by atoms with Crippen LogP contribution in [0.2, 0.25) is 0 Å². The maximum absolute atomic E-state index is 13.0. The van der Waals surface area contributed by atoms with Crippen molar-refractivity contribution in [1.82, 2.24) is 4.98 Å². The first-order chi connectivity index (χ1) is 8.61. The lowest BCUT2D eigenvalue weighted by Crippen LogP contribution is -2.01. The number of halogens is 1. The number of nitrogens with zero attached hydrogens (tertiary/aromatic N) is 1. The lowest BCUT2D eigenvalue weighted by Gasteiger charge is -2.07. The van der Waals surface area contributed by atoms with Crippen molar-refractivity contribution in [3.05, 3.63) is 53.5 Å². The Morgan fingerprint density at radius 2 is 2.28 bits per heavy atom. The van der Waals surface area contributed by atoms with Gasteiger partial charge in [-0.2, -0.15) is 0 Å². The number of aromatic nitrogens is 1. The number of methoxy groups -OCH3 is 1. The lowest BCUT2D eigenvalue weighted by atomic mass is 10.1. The molecule has 94 valence electrons. The van der Waals surface area contributed by atoms with Crippen LogP contribution >= 0.6 is 0 Å². The van der Waals surface area contributed by atoms with E-state index >= 15 is 0 Å². The molecule has 0 spiro atoms. The molecule has 1 N–H and O–H groups in total. The van der Waals surface area contributed by atoms with Gasteiger partial charge in [-0.3, -0.25) is 4.98 Å². The smallest absolute Gasteiger partial charge is 0.373 e. The van der Waals surface area contributed by atoms with Gasteiger partial charge in [0.05, 0.1) is 13.3 Å². The summed E-state index contributed by atoms with van der Waals surface area (Å²) in [5.74, 6) is -1.13. The summed E-state index contributed by atoms with van der Waals surface area (Å²) < 4.78 is 22.5. The van der Waals surface area contributed by atoms with E-state index in [1.165, 1.54) is 25.4 Å². The van der Waals surface area contributed by atoms with Crippen LogP contribution in [0.3, 0.4) is 0 Å². The highest BCUT2D eigenvalue weighted by atomic mass is 19.1. The van der Waals surface area contributed by atoms with Gasteiger partial charge in [0.2, 0.25) is 5.76 Å². The van der Waals surface area contributed by atoms with Gasteiger partial charge in [0.1, 0.15) is 17.7 Å². The summed E-state index contributed by atoms with van der Waals surface area (Å²) in [6.45, 7) is 0. The number of pyridine rings is 1. The normalized spacial score (nSPS) is 12.2. The first kappa shape index (κ1) is 12.3. The van der Waals surface area contributed by atoms with E-state index in [-0.39, 0.29) is 17.1 Å². The number of ether oxygens (including phenoxy) is 1. The largest absolute Gasteiger partial charge is 0.463 e. The summed E-state index contributed by atoms with van der Waals surface area (Å²) in [4.78, 5) is 14.8. The van der Waals surface area contributed by atoms with Gasteiger partial charge in [0.25, 0.3) is 0 Å². The maximum atomic E-state index is 13.0. The summed E-state index contributed by atoms with van der Waals surface area (Å²) in [6.07, 6.45) is 1.15. The van der Waals surface area contributed by atoms with Crippen molar-refractivity contribution in [2.45, 2.75) is 6.10 Å². The highest BCUT2D eigenvalue weighted by Gasteiger charge is 2.18. The Bertz CT molecular complexity index is 567. The first-order valence-corrected chi connectivity index (χ1v) is 5.08. The van der Waals surface area contributed by atoms with E-state index in [1.54, 1.807) is 0 Å². The van der Waals surface area contributed by atoms with Crippen LogP contribution in [0.25, 0.3) is 0 Å². The van der Waals surface area contributed by atoms with Crippen molar-refractivity contribution >= 4 is 5.97 Å². The lowest BCUT2D eigenvalue weighted by molar-refractivity contribution is 0.0558. The molecule has 2 rings (SSSR count). The first-order valence-electron chi connectivity index (χ1n) is 5.08. The van der Waals surface area contributed by atoms with Crippen molar-refractivity contribution < 1.29 is 23.4 Å². The van der Waals surface area contributed by atoms with Crippen LogP contribution in [0.4, 0.5) is 4.39 Å². The van der Waals surface area contributed by atoms with Crippen molar-refractivity contribution in [2.24, 2.45) is 0 Å². The minimum Gasteiger partial charge on any atom is -0.463 e. The molecule has 0 aromatic carbocycles. The van der Waals surface area contributed by atoms with E-state index in [2.05, 4.69) is 9.72 Å². The van der Waals surface area contributed by atoms with E-state index in [1.807, 2.05) is 0 Å². The van der Waals surface area contributed by atoms with Gasteiger partial charge >= 0.3 is 5.97 Å². The highest BCUT2D eigenvalue weighted by Crippen LogP contribution is 2.23. The summed E-state index contributed by atoms with van der Waals surface area (Å²) >= 11 is 0. The predicted octanol–water partition coefficient (Wildman–Crippen LogP) is 1.68. The molecule has 0 saturated carbocycles. The second-order valence-electron chi connectivity index (χ2n) is 3.53. The molecule has 1 atom stereocenters. The second kappa shape index (κ2) is 4.97. The van der Waals surface area contributed by atoms with Crippen LogP contribution in [-0.4, -0.2) is 23.2 Å². The molecule has 1 unspecified atom stereocenters. The number of aliphatic hydroxyl groups is 1. The van der Waals surface area contributed by atoms with E-state index in [0.29, 0.717) is 0 Å². The molecule has 0 amide bonds. The van der Waals surface area contributed by atoms with Crippen LogP contribution in [-0.2, 0) is 4.74 Å². The third-order valence-corrected chi connectivity index (χ3v) is 2.32. The van der Waals surface area contributed by atoms with E-state index in [0.717, 1.165) is 12.3 Å². The van der Waals surface area contributed by atoms with E-state index in [9.17, 15) is 14.3 Å². The van der Waals surface area contributed by atoms with Gasteiger partial charge < -0.3 is 14.3 Å². The topological polar surface area (TPSA) is 72.6 Å². The average molecular weight is 251 g/mol.